The van der Waals surface area contributed by atoms with Gasteiger partial charge in [0.1, 0.15) is 5.82 Å². The molecule has 4 aromatic rings. The summed E-state index contributed by atoms with van der Waals surface area (Å²) in [5.74, 6) is -3.10. The van der Waals surface area contributed by atoms with Crippen LogP contribution in [-0.4, -0.2) is 27.7 Å². The number of halogens is 3. The molecule has 0 aliphatic rings. The highest BCUT2D eigenvalue weighted by molar-refractivity contribution is 6.03. The summed E-state index contributed by atoms with van der Waals surface area (Å²) in [6.45, 7) is 2.37. The lowest BCUT2D eigenvalue weighted by molar-refractivity contribution is -0.193. The molecule has 1 heterocycles. The number of benzene rings is 3. The molecule has 186 valence electrons. The molecule has 0 fully saturated rings. The van der Waals surface area contributed by atoms with Gasteiger partial charge in [-0.3, -0.25) is 0 Å². The molecule has 36 heavy (non-hydrogen) atoms. The van der Waals surface area contributed by atoms with Gasteiger partial charge >= 0.3 is 18.1 Å². The van der Waals surface area contributed by atoms with Crippen LogP contribution in [0.15, 0.2) is 66.7 Å². The average Bonchev–Trinajstić information content (AvgIpc) is 3.18. The lowest BCUT2D eigenvalue weighted by atomic mass is 9.97. The molecular formula is C27H24F3N3O3. The number of esters is 2. The normalized spacial score (nSPS) is 11.6. The van der Waals surface area contributed by atoms with Gasteiger partial charge in [-0.15, -0.1) is 0 Å². The van der Waals surface area contributed by atoms with E-state index >= 15 is 0 Å². The number of fused-ring (bicyclic) bond motifs is 1. The third-order valence-corrected chi connectivity index (χ3v) is 5.75. The first-order valence-corrected chi connectivity index (χ1v) is 11.4. The highest BCUT2D eigenvalue weighted by Crippen LogP contribution is 2.28. The number of hydrogen-bond donors (Lipinski definition) is 1. The number of imidazole rings is 1. The maximum Gasteiger partial charge on any atom is 0.491 e. The van der Waals surface area contributed by atoms with Gasteiger partial charge in [0.05, 0.1) is 16.6 Å². The number of ether oxygens (including phenoxy) is 1. The summed E-state index contributed by atoms with van der Waals surface area (Å²) in [5.41, 5.74) is 9.58. The van der Waals surface area contributed by atoms with Crippen LogP contribution in [0.4, 0.5) is 18.9 Å². The topological polar surface area (TPSA) is 87.2 Å². The van der Waals surface area contributed by atoms with E-state index in [-0.39, 0.29) is 5.56 Å². The molecule has 0 amide bonds. The minimum atomic E-state index is -5.29. The standard InChI is InChI=1S/C27H24F3N3O3/c1-2-3-9-24-32-22-13-11-19(31)15-23(22)33(24)16-17-10-12-20(18-7-5-4-6-8-18)21(14-17)25(34)36-26(35)27(28,29)30/h4-8,10-15H,2-3,9,16,31H2,1H3. The number of alkyl halides is 3. The van der Waals surface area contributed by atoms with Gasteiger partial charge in [0.25, 0.3) is 0 Å². The van der Waals surface area contributed by atoms with Gasteiger partial charge in [-0.1, -0.05) is 55.8 Å². The Morgan fingerprint density at radius 1 is 1.03 bits per heavy atom. The number of carbonyl (C=O) groups excluding carboxylic acids is 2. The Morgan fingerprint density at radius 3 is 2.47 bits per heavy atom. The number of nitrogen functional groups attached to an aromatic ring is 1. The van der Waals surface area contributed by atoms with E-state index in [9.17, 15) is 22.8 Å². The zero-order valence-electron chi connectivity index (χ0n) is 19.5. The van der Waals surface area contributed by atoms with Crippen LogP contribution in [-0.2, 0) is 22.5 Å². The molecule has 0 saturated carbocycles. The smallest absolute Gasteiger partial charge is 0.399 e. The van der Waals surface area contributed by atoms with Crippen LogP contribution in [0.25, 0.3) is 22.2 Å². The van der Waals surface area contributed by atoms with E-state index < -0.39 is 18.1 Å². The van der Waals surface area contributed by atoms with Crippen molar-refractivity contribution in [3.05, 3.63) is 83.7 Å². The molecule has 0 spiro atoms. The number of rotatable bonds is 7. The van der Waals surface area contributed by atoms with Crippen LogP contribution in [0.2, 0.25) is 0 Å². The number of unbranched alkanes of at least 4 members (excludes halogenated alkanes) is 1. The van der Waals surface area contributed by atoms with Crippen molar-refractivity contribution in [2.24, 2.45) is 0 Å². The van der Waals surface area contributed by atoms with Crippen molar-refractivity contribution in [3.8, 4) is 11.1 Å². The second-order valence-electron chi connectivity index (χ2n) is 8.39. The summed E-state index contributed by atoms with van der Waals surface area (Å²) < 4.78 is 44.4. The molecule has 4 rings (SSSR count). The molecule has 0 aliphatic heterocycles. The fraction of sp³-hybridized carbons (Fsp3) is 0.222. The fourth-order valence-corrected chi connectivity index (χ4v) is 4.00. The largest absolute Gasteiger partial charge is 0.491 e. The Hall–Kier alpha value is -4.14. The number of aryl methyl sites for hydroxylation is 1. The summed E-state index contributed by atoms with van der Waals surface area (Å²) in [6, 6.07) is 19.0. The third kappa shape index (κ3) is 5.40. The molecule has 0 aliphatic carbocycles. The van der Waals surface area contributed by atoms with E-state index in [1.54, 1.807) is 48.5 Å². The Balaban J connectivity index is 1.77. The monoisotopic (exact) mass is 495 g/mol. The number of carbonyl (C=O) groups is 2. The van der Waals surface area contributed by atoms with Gasteiger partial charge < -0.3 is 15.0 Å². The Kier molecular flexibility index (Phi) is 7.10. The van der Waals surface area contributed by atoms with Crippen LogP contribution in [0.3, 0.4) is 0 Å². The predicted molar refractivity (Wildman–Crippen MR) is 130 cm³/mol. The minimum Gasteiger partial charge on any atom is -0.399 e. The maximum atomic E-state index is 12.8. The van der Waals surface area contributed by atoms with Gasteiger partial charge in [-0.05, 0) is 47.4 Å². The van der Waals surface area contributed by atoms with Crippen molar-refractivity contribution in [1.82, 2.24) is 9.55 Å². The molecule has 0 unspecified atom stereocenters. The summed E-state index contributed by atoms with van der Waals surface area (Å²) in [7, 11) is 0. The number of anilines is 1. The lowest BCUT2D eigenvalue weighted by Gasteiger charge is -2.14. The molecule has 2 N–H and O–H groups in total. The van der Waals surface area contributed by atoms with Gasteiger partial charge in [-0.2, -0.15) is 13.2 Å². The van der Waals surface area contributed by atoms with Crippen molar-refractivity contribution in [3.63, 3.8) is 0 Å². The molecule has 6 nitrogen and oxygen atoms in total. The van der Waals surface area contributed by atoms with Gasteiger partial charge in [0, 0.05) is 18.7 Å². The molecule has 9 heteroatoms. The minimum absolute atomic E-state index is 0.143. The molecule has 0 bridgehead atoms. The van der Waals surface area contributed by atoms with Crippen molar-refractivity contribution in [1.29, 1.82) is 0 Å². The Labute approximate surface area is 205 Å². The lowest BCUT2D eigenvalue weighted by Crippen LogP contribution is -2.28. The van der Waals surface area contributed by atoms with Crippen molar-refractivity contribution >= 4 is 28.7 Å². The van der Waals surface area contributed by atoms with E-state index in [0.29, 0.717) is 28.9 Å². The molecule has 3 aromatic carbocycles. The molecular weight excluding hydrogens is 471 g/mol. The van der Waals surface area contributed by atoms with E-state index in [1.165, 1.54) is 6.07 Å². The van der Waals surface area contributed by atoms with Crippen LogP contribution in [0.1, 0.15) is 41.5 Å². The second-order valence-corrected chi connectivity index (χ2v) is 8.39. The molecule has 0 atom stereocenters. The van der Waals surface area contributed by atoms with Crippen LogP contribution in [0, 0.1) is 0 Å². The second kappa shape index (κ2) is 10.2. The van der Waals surface area contributed by atoms with E-state index in [1.807, 2.05) is 16.7 Å². The van der Waals surface area contributed by atoms with Gasteiger partial charge in [0.2, 0.25) is 0 Å². The fourth-order valence-electron chi connectivity index (χ4n) is 4.00. The molecule has 0 saturated heterocycles. The summed E-state index contributed by atoms with van der Waals surface area (Å²) >= 11 is 0. The zero-order chi connectivity index (χ0) is 25.9. The summed E-state index contributed by atoms with van der Waals surface area (Å²) in [4.78, 5) is 28.8. The van der Waals surface area contributed by atoms with Crippen LogP contribution < -0.4 is 5.73 Å². The average molecular weight is 496 g/mol. The summed E-state index contributed by atoms with van der Waals surface area (Å²) in [5, 5.41) is 0. The van der Waals surface area contributed by atoms with Gasteiger partial charge in [-0.25, -0.2) is 14.6 Å². The highest BCUT2D eigenvalue weighted by atomic mass is 19.4. The van der Waals surface area contributed by atoms with Crippen molar-refractivity contribution in [2.75, 3.05) is 5.73 Å². The van der Waals surface area contributed by atoms with Crippen LogP contribution in [0.5, 0.6) is 0 Å². The Morgan fingerprint density at radius 2 is 1.78 bits per heavy atom. The van der Waals surface area contributed by atoms with E-state index in [2.05, 4.69) is 11.7 Å². The number of nitrogens with zero attached hydrogens (tertiary/aromatic N) is 2. The predicted octanol–water partition coefficient (Wildman–Crippen LogP) is 5.92. The number of aromatic nitrogens is 2. The van der Waals surface area contributed by atoms with Crippen molar-refractivity contribution < 1.29 is 27.5 Å². The summed E-state index contributed by atoms with van der Waals surface area (Å²) in [6.07, 6.45) is -2.67. The maximum absolute atomic E-state index is 12.8. The van der Waals surface area contributed by atoms with E-state index in [4.69, 9.17) is 10.7 Å². The highest BCUT2D eigenvalue weighted by Gasteiger charge is 2.42. The first-order chi connectivity index (χ1) is 17.2. The number of hydrogen-bond acceptors (Lipinski definition) is 5. The SMILES string of the molecule is CCCCc1nc2ccc(N)cc2n1Cc1ccc(-c2ccccc2)c(C(=O)OC(=O)C(F)(F)F)c1. The first kappa shape index (κ1) is 25.0. The number of nitrogens with two attached hydrogens (primary N) is 1. The third-order valence-electron chi connectivity index (χ3n) is 5.75. The first-order valence-electron chi connectivity index (χ1n) is 11.4. The zero-order valence-corrected chi connectivity index (χ0v) is 19.5. The van der Waals surface area contributed by atoms with E-state index in [0.717, 1.165) is 36.1 Å². The van der Waals surface area contributed by atoms with Crippen LogP contribution >= 0.6 is 0 Å². The molecule has 0 radical (unpaired) electrons. The molecule has 1 aromatic heterocycles. The Bertz CT molecular complexity index is 1410. The quantitative estimate of drug-likeness (QED) is 0.195. The van der Waals surface area contributed by atoms with Gasteiger partial charge in [0.15, 0.2) is 0 Å². The van der Waals surface area contributed by atoms with Crippen molar-refractivity contribution in [2.45, 2.75) is 38.9 Å².